The zero-order valence-corrected chi connectivity index (χ0v) is 5.24. The largest absolute Gasteiger partial charge is 0.414 e. The lowest BCUT2D eigenvalue weighted by atomic mass is 10.5. The number of alkyl halides is 6. The molecule has 0 N–H and O–H groups in total. The van der Waals surface area contributed by atoms with Crippen LogP contribution in [0.25, 0.3) is 0 Å². The minimum absolute atomic E-state index is 2.75. The van der Waals surface area contributed by atoms with Crippen LogP contribution in [0, 0.1) is 0 Å². The van der Waals surface area contributed by atoms with E-state index in [0.717, 1.165) is 0 Å². The Morgan fingerprint density at radius 3 is 1.25 bits per heavy atom. The minimum Gasteiger partial charge on any atom is -0.273 e. The van der Waals surface area contributed by atoms with Gasteiger partial charge in [0.25, 0.3) is 12.7 Å². The summed E-state index contributed by atoms with van der Waals surface area (Å²) in [6.45, 7) is 0. The van der Waals surface area contributed by atoms with E-state index in [0.29, 0.717) is 0 Å². The third-order valence-electron chi connectivity index (χ3n) is 1.05. The molecule has 2 nitrogen and oxygen atoms in total. The van der Waals surface area contributed by atoms with Gasteiger partial charge >= 0.3 is 12.2 Å². The van der Waals surface area contributed by atoms with Crippen LogP contribution < -0.4 is 0 Å². The molecule has 0 aliphatic carbocycles. The molecule has 0 aromatic heterocycles. The Hall–Kier alpha value is -0.500. The van der Waals surface area contributed by atoms with Crippen LogP contribution in [-0.4, -0.2) is 24.9 Å². The van der Waals surface area contributed by atoms with E-state index in [-0.39, 0.29) is 0 Å². The predicted molar refractivity (Wildman–Crippen MR) is 21.9 cm³/mol. The highest BCUT2D eigenvalue weighted by atomic mass is 19.3. The van der Waals surface area contributed by atoms with E-state index in [2.05, 4.69) is 9.47 Å². The molecule has 2 atom stereocenters. The minimum atomic E-state index is -4.68. The van der Waals surface area contributed by atoms with E-state index in [1.54, 1.807) is 0 Å². The second-order valence-corrected chi connectivity index (χ2v) is 1.99. The maximum absolute atomic E-state index is 11.9. The molecule has 2 unspecified atom stereocenters. The molecule has 1 rings (SSSR count). The SMILES string of the molecule is FC1OC(F)(F)C(F)OC1(F)F. The van der Waals surface area contributed by atoms with Gasteiger partial charge in [-0.25, -0.2) is 8.78 Å². The molecule has 1 saturated heterocycles. The van der Waals surface area contributed by atoms with Crippen molar-refractivity contribution in [3.63, 3.8) is 0 Å². The van der Waals surface area contributed by atoms with Crippen molar-refractivity contribution in [3.8, 4) is 0 Å². The molecular formula is C4H2F6O2. The maximum atomic E-state index is 11.9. The third kappa shape index (κ3) is 1.48. The molecule has 12 heavy (non-hydrogen) atoms. The third-order valence-corrected chi connectivity index (χ3v) is 1.05. The van der Waals surface area contributed by atoms with E-state index in [1.165, 1.54) is 0 Å². The summed E-state index contributed by atoms with van der Waals surface area (Å²) in [6, 6.07) is 0. The Morgan fingerprint density at radius 2 is 1.00 bits per heavy atom. The number of halogens is 6. The van der Waals surface area contributed by atoms with Crippen molar-refractivity contribution in [2.75, 3.05) is 0 Å². The topological polar surface area (TPSA) is 18.5 Å². The fourth-order valence-corrected chi connectivity index (χ4v) is 0.520. The first-order valence-corrected chi connectivity index (χ1v) is 2.65. The van der Waals surface area contributed by atoms with E-state index >= 15 is 0 Å². The Kier molecular flexibility index (Phi) is 1.99. The molecule has 0 aromatic carbocycles. The molecule has 0 spiro atoms. The second kappa shape index (κ2) is 2.49. The average Bonchev–Trinajstić information content (AvgIpc) is 1.82. The molecule has 0 amide bonds. The van der Waals surface area contributed by atoms with Gasteiger partial charge in [-0.1, -0.05) is 0 Å². The second-order valence-electron chi connectivity index (χ2n) is 1.99. The lowest BCUT2D eigenvalue weighted by Gasteiger charge is -2.33. The summed E-state index contributed by atoms with van der Waals surface area (Å²) in [7, 11) is 0. The Labute approximate surface area is 62.0 Å². The average molecular weight is 196 g/mol. The summed E-state index contributed by atoms with van der Waals surface area (Å²) in [4.78, 5) is 0. The lowest BCUT2D eigenvalue weighted by molar-refractivity contribution is -0.496. The van der Waals surface area contributed by atoms with E-state index < -0.39 is 24.9 Å². The molecule has 0 aromatic rings. The van der Waals surface area contributed by atoms with Crippen LogP contribution in [-0.2, 0) is 9.47 Å². The van der Waals surface area contributed by atoms with Crippen LogP contribution in [0.5, 0.6) is 0 Å². The molecule has 0 radical (unpaired) electrons. The number of hydrogen-bond acceptors (Lipinski definition) is 2. The maximum Gasteiger partial charge on any atom is 0.414 e. The molecule has 1 aliphatic rings. The van der Waals surface area contributed by atoms with Crippen molar-refractivity contribution in [1.82, 2.24) is 0 Å². The van der Waals surface area contributed by atoms with Gasteiger partial charge in [-0.2, -0.15) is 17.6 Å². The Bertz CT molecular complexity index is 162. The summed E-state index contributed by atoms with van der Waals surface area (Å²) in [5, 5.41) is 0. The standard InChI is InChI=1S/C4H2F6O2/c5-1-3(7,8)12-2(6)4(9,10)11-1/h1-2H. The van der Waals surface area contributed by atoms with Gasteiger partial charge in [0.05, 0.1) is 0 Å². The Morgan fingerprint density at radius 1 is 0.750 bits per heavy atom. The lowest BCUT2D eigenvalue weighted by Crippen LogP contribution is -2.53. The quantitative estimate of drug-likeness (QED) is 0.550. The molecule has 72 valence electrons. The van der Waals surface area contributed by atoms with Gasteiger partial charge < -0.3 is 0 Å². The van der Waals surface area contributed by atoms with E-state index in [1.807, 2.05) is 0 Å². The smallest absolute Gasteiger partial charge is 0.273 e. The van der Waals surface area contributed by atoms with Crippen molar-refractivity contribution >= 4 is 0 Å². The fraction of sp³-hybridized carbons (Fsp3) is 1.00. The molecule has 1 fully saturated rings. The fourth-order valence-electron chi connectivity index (χ4n) is 0.520. The van der Waals surface area contributed by atoms with Crippen molar-refractivity contribution < 1.29 is 35.8 Å². The van der Waals surface area contributed by atoms with Crippen LogP contribution in [0.4, 0.5) is 26.3 Å². The van der Waals surface area contributed by atoms with Crippen molar-refractivity contribution in [1.29, 1.82) is 0 Å². The normalized spacial score (nSPS) is 39.5. The highest BCUT2D eigenvalue weighted by molar-refractivity contribution is 4.71. The van der Waals surface area contributed by atoms with Crippen LogP contribution in [0.2, 0.25) is 0 Å². The highest BCUT2D eigenvalue weighted by Gasteiger charge is 2.61. The van der Waals surface area contributed by atoms with Crippen LogP contribution in [0.3, 0.4) is 0 Å². The predicted octanol–water partition coefficient (Wildman–Crippen LogP) is 1.81. The summed E-state index contributed by atoms with van der Waals surface area (Å²) in [5.74, 6) is 0. The van der Waals surface area contributed by atoms with E-state index in [4.69, 9.17) is 0 Å². The number of ether oxygens (including phenoxy) is 2. The summed E-state index contributed by atoms with van der Waals surface area (Å²) >= 11 is 0. The van der Waals surface area contributed by atoms with Gasteiger partial charge in [0.1, 0.15) is 0 Å². The molecule has 0 bridgehead atoms. The van der Waals surface area contributed by atoms with Crippen molar-refractivity contribution in [2.24, 2.45) is 0 Å². The van der Waals surface area contributed by atoms with E-state index in [9.17, 15) is 26.3 Å². The van der Waals surface area contributed by atoms with Gasteiger partial charge in [0.2, 0.25) is 0 Å². The summed E-state index contributed by atoms with van der Waals surface area (Å²) < 4.78 is 76.9. The first-order chi connectivity index (χ1) is 5.26. The first-order valence-electron chi connectivity index (χ1n) is 2.65. The molecule has 1 aliphatic heterocycles. The monoisotopic (exact) mass is 196 g/mol. The van der Waals surface area contributed by atoms with Gasteiger partial charge in [-0.15, -0.1) is 0 Å². The molecule has 8 heteroatoms. The molecular weight excluding hydrogens is 194 g/mol. The highest BCUT2D eigenvalue weighted by Crippen LogP contribution is 2.40. The van der Waals surface area contributed by atoms with Gasteiger partial charge in [0, 0.05) is 0 Å². The van der Waals surface area contributed by atoms with Crippen molar-refractivity contribution in [3.05, 3.63) is 0 Å². The van der Waals surface area contributed by atoms with Crippen molar-refractivity contribution in [2.45, 2.75) is 24.9 Å². The van der Waals surface area contributed by atoms with Crippen LogP contribution in [0.15, 0.2) is 0 Å². The first kappa shape index (κ1) is 9.59. The Balaban J connectivity index is 2.76. The number of hydrogen-bond donors (Lipinski definition) is 0. The van der Waals surface area contributed by atoms with Gasteiger partial charge in [-0.3, -0.25) is 9.47 Å². The number of rotatable bonds is 0. The van der Waals surface area contributed by atoms with Crippen LogP contribution in [0.1, 0.15) is 0 Å². The summed E-state index contributed by atoms with van der Waals surface area (Å²) in [6.07, 6.45) is -16.7. The summed E-state index contributed by atoms with van der Waals surface area (Å²) in [5.41, 5.74) is 0. The molecule has 1 heterocycles. The van der Waals surface area contributed by atoms with Crippen LogP contribution >= 0.6 is 0 Å². The zero-order valence-electron chi connectivity index (χ0n) is 5.24. The van der Waals surface area contributed by atoms with Gasteiger partial charge in [0.15, 0.2) is 0 Å². The zero-order chi connectivity index (χ0) is 9.57. The van der Waals surface area contributed by atoms with Gasteiger partial charge in [-0.05, 0) is 0 Å². The molecule has 0 saturated carbocycles.